The van der Waals surface area contributed by atoms with Gasteiger partial charge in [0, 0.05) is 18.9 Å². The smallest absolute Gasteiger partial charge is 0.248 e. The first-order chi connectivity index (χ1) is 11.6. The molecule has 0 bridgehead atoms. The van der Waals surface area contributed by atoms with Crippen molar-refractivity contribution in [1.82, 2.24) is 20.4 Å². The minimum atomic E-state index is -0.957. The second-order valence-corrected chi connectivity index (χ2v) is 6.01. The van der Waals surface area contributed by atoms with Crippen LogP contribution in [-0.2, 0) is 10.3 Å². The molecule has 1 unspecified atom stereocenters. The van der Waals surface area contributed by atoms with Gasteiger partial charge < -0.3 is 15.7 Å². The molecule has 3 rings (SSSR count). The molecule has 24 heavy (non-hydrogen) atoms. The molecule has 0 aliphatic carbocycles. The molecule has 1 saturated heterocycles. The van der Waals surface area contributed by atoms with Crippen molar-refractivity contribution < 1.29 is 14.3 Å². The summed E-state index contributed by atoms with van der Waals surface area (Å²) >= 11 is 0. The Balaban J connectivity index is 1.70. The van der Waals surface area contributed by atoms with E-state index in [4.69, 9.17) is 0 Å². The zero-order valence-electron chi connectivity index (χ0n) is 13.3. The van der Waals surface area contributed by atoms with Crippen molar-refractivity contribution in [1.29, 1.82) is 0 Å². The SMILES string of the molecule is O=C(NCC(O)c1cccc(F)c1)C1(n2cccn2)CCNCC1. The van der Waals surface area contributed by atoms with E-state index in [-0.39, 0.29) is 12.5 Å². The van der Waals surface area contributed by atoms with Crippen molar-refractivity contribution in [2.24, 2.45) is 0 Å². The highest BCUT2D eigenvalue weighted by molar-refractivity contribution is 5.84. The molecule has 128 valence electrons. The molecule has 0 saturated carbocycles. The monoisotopic (exact) mass is 332 g/mol. The molecule has 1 aromatic heterocycles. The second-order valence-electron chi connectivity index (χ2n) is 6.01. The molecule has 6 nitrogen and oxygen atoms in total. The number of aliphatic hydroxyl groups is 1. The van der Waals surface area contributed by atoms with E-state index in [0.717, 1.165) is 13.1 Å². The first-order valence-electron chi connectivity index (χ1n) is 8.04. The van der Waals surface area contributed by atoms with Crippen LogP contribution in [0.15, 0.2) is 42.7 Å². The number of carbonyl (C=O) groups is 1. The van der Waals surface area contributed by atoms with Crippen molar-refractivity contribution in [2.75, 3.05) is 19.6 Å². The van der Waals surface area contributed by atoms with Gasteiger partial charge in [-0.05, 0) is 49.7 Å². The van der Waals surface area contributed by atoms with Crippen molar-refractivity contribution >= 4 is 5.91 Å². The van der Waals surface area contributed by atoms with E-state index >= 15 is 0 Å². The van der Waals surface area contributed by atoms with Crippen LogP contribution in [0.2, 0.25) is 0 Å². The fraction of sp³-hybridized carbons (Fsp3) is 0.412. The third kappa shape index (κ3) is 3.32. The summed E-state index contributed by atoms with van der Waals surface area (Å²) in [7, 11) is 0. The van der Waals surface area contributed by atoms with Gasteiger partial charge in [-0.2, -0.15) is 5.10 Å². The number of nitrogens with zero attached hydrogens (tertiary/aromatic N) is 2. The minimum absolute atomic E-state index is 0.0265. The number of rotatable bonds is 5. The molecule has 0 radical (unpaired) electrons. The topological polar surface area (TPSA) is 79.2 Å². The number of benzene rings is 1. The van der Waals surface area contributed by atoms with Gasteiger partial charge in [0.15, 0.2) is 0 Å². The van der Waals surface area contributed by atoms with Crippen LogP contribution < -0.4 is 10.6 Å². The van der Waals surface area contributed by atoms with E-state index in [0.29, 0.717) is 18.4 Å². The molecule has 1 aromatic carbocycles. The lowest BCUT2D eigenvalue weighted by atomic mass is 9.87. The molecular formula is C17H21FN4O2. The lowest BCUT2D eigenvalue weighted by Crippen LogP contribution is -2.55. The van der Waals surface area contributed by atoms with E-state index in [1.807, 2.05) is 0 Å². The third-order valence-electron chi connectivity index (χ3n) is 4.49. The van der Waals surface area contributed by atoms with Crippen molar-refractivity contribution in [3.8, 4) is 0 Å². The van der Waals surface area contributed by atoms with Gasteiger partial charge in [-0.25, -0.2) is 4.39 Å². The number of hydrogen-bond acceptors (Lipinski definition) is 4. The summed E-state index contributed by atoms with van der Waals surface area (Å²) in [5, 5.41) is 20.5. The highest BCUT2D eigenvalue weighted by atomic mass is 19.1. The zero-order valence-corrected chi connectivity index (χ0v) is 13.3. The van der Waals surface area contributed by atoms with E-state index in [2.05, 4.69) is 15.7 Å². The van der Waals surface area contributed by atoms with E-state index in [1.165, 1.54) is 18.2 Å². The molecular weight excluding hydrogens is 311 g/mol. The molecule has 3 N–H and O–H groups in total. The predicted molar refractivity (Wildman–Crippen MR) is 86.7 cm³/mol. The Kier molecular flexibility index (Phi) is 4.92. The van der Waals surface area contributed by atoms with Gasteiger partial charge in [0.25, 0.3) is 0 Å². The van der Waals surface area contributed by atoms with Crippen LogP contribution in [0.5, 0.6) is 0 Å². The van der Waals surface area contributed by atoms with Crippen LogP contribution in [0.1, 0.15) is 24.5 Å². The lowest BCUT2D eigenvalue weighted by Gasteiger charge is -2.36. The van der Waals surface area contributed by atoms with Gasteiger partial charge in [0.1, 0.15) is 11.4 Å². The van der Waals surface area contributed by atoms with Gasteiger partial charge in [0.05, 0.1) is 6.10 Å². The number of piperidine rings is 1. The Bertz CT molecular complexity index is 684. The first-order valence-corrected chi connectivity index (χ1v) is 8.04. The van der Waals surface area contributed by atoms with Gasteiger partial charge in [0.2, 0.25) is 5.91 Å². The number of halogens is 1. The van der Waals surface area contributed by atoms with Crippen LogP contribution in [0.3, 0.4) is 0 Å². The summed E-state index contributed by atoms with van der Waals surface area (Å²) in [5.41, 5.74) is -0.315. The van der Waals surface area contributed by atoms with E-state index in [1.54, 1.807) is 29.2 Å². The largest absolute Gasteiger partial charge is 0.387 e. The Hall–Kier alpha value is -2.25. The molecule has 1 aliphatic heterocycles. The Morgan fingerprint density at radius 3 is 2.88 bits per heavy atom. The molecule has 2 aromatic rings. The zero-order chi connectivity index (χ0) is 17.0. The number of hydrogen-bond donors (Lipinski definition) is 3. The lowest BCUT2D eigenvalue weighted by molar-refractivity contribution is -0.132. The average molecular weight is 332 g/mol. The maximum Gasteiger partial charge on any atom is 0.248 e. The summed E-state index contributed by atoms with van der Waals surface area (Å²) in [6.07, 6.45) is 3.72. The number of nitrogens with one attached hydrogen (secondary N) is 2. The molecule has 1 amide bonds. The van der Waals surface area contributed by atoms with Crippen LogP contribution in [0.4, 0.5) is 4.39 Å². The van der Waals surface area contributed by atoms with Crippen molar-refractivity contribution in [2.45, 2.75) is 24.5 Å². The molecule has 1 atom stereocenters. The second kappa shape index (κ2) is 7.11. The predicted octanol–water partition coefficient (Wildman–Crippen LogP) is 0.951. The van der Waals surface area contributed by atoms with Crippen LogP contribution in [-0.4, -0.2) is 40.4 Å². The van der Waals surface area contributed by atoms with Crippen molar-refractivity contribution in [3.05, 3.63) is 54.1 Å². The molecule has 1 aliphatic rings. The minimum Gasteiger partial charge on any atom is -0.387 e. The van der Waals surface area contributed by atoms with Gasteiger partial charge in [-0.1, -0.05) is 12.1 Å². The number of carbonyl (C=O) groups excluding carboxylic acids is 1. The molecule has 1 fully saturated rings. The average Bonchev–Trinajstić information content (AvgIpc) is 3.15. The summed E-state index contributed by atoms with van der Waals surface area (Å²) < 4.78 is 14.9. The molecule has 0 spiro atoms. The summed E-state index contributed by atoms with van der Waals surface area (Å²) in [5.74, 6) is -0.590. The van der Waals surface area contributed by atoms with E-state index in [9.17, 15) is 14.3 Å². The Morgan fingerprint density at radius 2 is 2.21 bits per heavy atom. The Morgan fingerprint density at radius 1 is 1.42 bits per heavy atom. The summed E-state index contributed by atoms with van der Waals surface area (Å²) in [4.78, 5) is 12.8. The summed E-state index contributed by atoms with van der Waals surface area (Å²) in [6, 6.07) is 7.54. The standard InChI is InChI=1S/C17H21FN4O2/c18-14-4-1-3-13(11-14)15(23)12-20-16(24)17(5-8-19-9-6-17)22-10-2-7-21-22/h1-4,7,10-11,15,19,23H,5-6,8-9,12H2,(H,20,24). The van der Waals surface area contributed by atoms with Crippen molar-refractivity contribution in [3.63, 3.8) is 0 Å². The van der Waals surface area contributed by atoms with Crippen LogP contribution in [0.25, 0.3) is 0 Å². The molecule has 7 heteroatoms. The fourth-order valence-corrected chi connectivity index (χ4v) is 3.11. The van der Waals surface area contributed by atoms with Gasteiger partial charge >= 0.3 is 0 Å². The third-order valence-corrected chi connectivity index (χ3v) is 4.49. The normalized spacial score (nSPS) is 18.1. The highest BCUT2D eigenvalue weighted by Gasteiger charge is 2.41. The summed E-state index contributed by atoms with van der Waals surface area (Å²) in [6.45, 7) is 1.47. The van der Waals surface area contributed by atoms with E-state index < -0.39 is 17.5 Å². The first kappa shape index (κ1) is 16.6. The van der Waals surface area contributed by atoms with Crippen LogP contribution >= 0.6 is 0 Å². The Labute approximate surface area is 139 Å². The molecule has 2 heterocycles. The maximum atomic E-state index is 13.2. The number of aromatic nitrogens is 2. The highest BCUT2D eigenvalue weighted by Crippen LogP contribution is 2.27. The fourth-order valence-electron chi connectivity index (χ4n) is 3.11. The maximum absolute atomic E-state index is 13.2. The van der Waals surface area contributed by atoms with Gasteiger partial charge in [-0.15, -0.1) is 0 Å². The number of aliphatic hydroxyl groups excluding tert-OH is 1. The number of amides is 1. The van der Waals surface area contributed by atoms with Crippen LogP contribution in [0, 0.1) is 5.82 Å². The van der Waals surface area contributed by atoms with Gasteiger partial charge in [-0.3, -0.25) is 9.48 Å². The quantitative estimate of drug-likeness (QED) is 0.762.